The van der Waals surface area contributed by atoms with Crippen LogP contribution in [0.15, 0.2) is 30.5 Å². The monoisotopic (exact) mass is 235 g/mol. The molecular formula is C11H10ClN3O. The molecule has 0 saturated carbocycles. The van der Waals surface area contributed by atoms with Crippen LogP contribution < -0.4 is 5.73 Å². The molecule has 0 spiro atoms. The second kappa shape index (κ2) is 3.98. The third-order valence-electron chi connectivity index (χ3n) is 2.24. The Labute approximate surface area is 97.6 Å². The van der Waals surface area contributed by atoms with Crippen molar-refractivity contribution >= 4 is 23.2 Å². The standard InChI is InChI=1S/C11H10ClN3O/c1-7(16)10-6-14-15(11(10)13)9-4-2-3-8(12)5-9/h2-6H,13H2,1H3. The summed E-state index contributed by atoms with van der Waals surface area (Å²) in [6, 6.07) is 7.11. The van der Waals surface area contributed by atoms with Crippen LogP contribution in [-0.2, 0) is 0 Å². The van der Waals surface area contributed by atoms with Gasteiger partial charge in [-0.2, -0.15) is 5.10 Å². The van der Waals surface area contributed by atoms with Crippen LogP contribution in [0.3, 0.4) is 0 Å². The fourth-order valence-corrected chi connectivity index (χ4v) is 1.63. The molecule has 0 aliphatic carbocycles. The van der Waals surface area contributed by atoms with E-state index >= 15 is 0 Å². The van der Waals surface area contributed by atoms with Crippen LogP contribution in [-0.4, -0.2) is 15.6 Å². The van der Waals surface area contributed by atoms with Crippen molar-refractivity contribution in [3.63, 3.8) is 0 Å². The molecule has 4 nitrogen and oxygen atoms in total. The van der Waals surface area contributed by atoms with Gasteiger partial charge in [-0.25, -0.2) is 4.68 Å². The van der Waals surface area contributed by atoms with E-state index in [1.54, 1.807) is 18.2 Å². The molecule has 2 rings (SSSR count). The van der Waals surface area contributed by atoms with Crippen molar-refractivity contribution in [1.82, 2.24) is 9.78 Å². The van der Waals surface area contributed by atoms with E-state index in [0.29, 0.717) is 16.4 Å². The Kier molecular flexibility index (Phi) is 2.66. The normalized spacial score (nSPS) is 10.4. The number of rotatable bonds is 2. The number of aromatic nitrogens is 2. The van der Waals surface area contributed by atoms with Gasteiger partial charge in [0.1, 0.15) is 5.82 Å². The second-order valence-electron chi connectivity index (χ2n) is 3.39. The Morgan fingerprint density at radius 2 is 2.25 bits per heavy atom. The van der Waals surface area contributed by atoms with Crippen molar-refractivity contribution in [2.24, 2.45) is 0 Å². The fourth-order valence-electron chi connectivity index (χ4n) is 1.44. The lowest BCUT2D eigenvalue weighted by atomic mass is 10.2. The minimum Gasteiger partial charge on any atom is -0.383 e. The predicted molar refractivity (Wildman–Crippen MR) is 63.0 cm³/mol. The van der Waals surface area contributed by atoms with Crippen LogP contribution in [0.25, 0.3) is 5.69 Å². The summed E-state index contributed by atoms with van der Waals surface area (Å²) in [4.78, 5) is 11.2. The van der Waals surface area contributed by atoms with Gasteiger partial charge in [0.2, 0.25) is 0 Å². The number of nitrogens with two attached hydrogens (primary N) is 1. The maximum absolute atomic E-state index is 11.2. The number of carbonyl (C=O) groups excluding carboxylic acids is 1. The number of hydrogen-bond donors (Lipinski definition) is 1. The maximum atomic E-state index is 11.2. The topological polar surface area (TPSA) is 60.9 Å². The van der Waals surface area contributed by atoms with Crippen LogP contribution in [0, 0.1) is 0 Å². The third kappa shape index (κ3) is 1.79. The molecule has 2 aromatic rings. The van der Waals surface area contributed by atoms with Crippen molar-refractivity contribution in [3.05, 3.63) is 41.0 Å². The Balaban J connectivity index is 2.53. The van der Waals surface area contributed by atoms with Crippen LogP contribution >= 0.6 is 11.6 Å². The summed E-state index contributed by atoms with van der Waals surface area (Å²) >= 11 is 5.87. The highest BCUT2D eigenvalue weighted by molar-refractivity contribution is 6.30. The third-order valence-corrected chi connectivity index (χ3v) is 2.47. The zero-order valence-corrected chi connectivity index (χ0v) is 9.40. The molecule has 0 bridgehead atoms. The summed E-state index contributed by atoms with van der Waals surface area (Å²) in [6.07, 6.45) is 1.46. The lowest BCUT2D eigenvalue weighted by Gasteiger charge is -2.04. The number of benzene rings is 1. The van der Waals surface area contributed by atoms with E-state index in [-0.39, 0.29) is 5.78 Å². The molecule has 0 saturated heterocycles. The molecule has 1 aromatic heterocycles. The van der Waals surface area contributed by atoms with Crippen LogP contribution in [0.5, 0.6) is 0 Å². The average molecular weight is 236 g/mol. The summed E-state index contributed by atoms with van der Waals surface area (Å²) < 4.78 is 1.49. The van der Waals surface area contributed by atoms with Crippen molar-refractivity contribution in [3.8, 4) is 5.69 Å². The van der Waals surface area contributed by atoms with E-state index in [1.807, 2.05) is 6.07 Å². The van der Waals surface area contributed by atoms with Crippen molar-refractivity contribution in [1.29, 1.82) is 0 Å². The van der Waals surface area contributed by atoms with Crippen LogP contribution in [0.1, 0.15) is 17.3 Å². The molecule has 0 aliphatic rings. The lowest BCUT2D eigenvalue weighted by molar-refractivity contribution is 0.101. The summed E-state index contributed by atoms with van der Waals surface area (Å²) in [6.45, 7) is 1.45. The van der Waals surface area contributed by atoms with E-state index in [0.717, 1.165) is 5.69 Å². The maximum Gasteiger partial charge on any atom is 0.165 e. The average Bonchev–Trinajstić information content (AvgIpc) is 2.60. The Morgan fingerprint density at radius 1 is 1.50 bits per heavy atom. The smallest absolute Gasteiger partial charge is 0.165 e. The number of ketones is 1. The van der Waals surface area contributed by atoms with Gasteiger partial charge in [-0.1, -0.05) is 17.7 Å². The molecule has 16 heavy (non-hydrogen) atoms. The first-order valence-corrected chi connectivity index (χ1v) is 5.08. The lowest BCUT2D eigenvalue weighted by Crippen LogP contribution is -2.04. The first kappa shape index (κ1) is 10.7. The van der Waals surface area contributed by atoms with E-state index in [2.05, 4.69) is 5.10 Å². The van der Waals surface area contributed by atoms with Crippen LogP contribution in [0.2, 0.25) is 5.02 Å². The molecule has 2 N–H and O–H groups in total. The van der Waals surface area contributed by atoms with Gasteiger partial charge in [0.25, 0.3) is 0 Å². The Bertz CT molecular complexity index is 548. The highest BCUT2D eigenvalue weighted by Crippen LogP contribution is 2.19. The largest absolute Gasteiger partial charge is 0.383 e. The van der Waals surface area contributed by atoms with E-state index < -0.39 is 0 Å². The molecular weight excluding hydrogens is 226 g/mol. The number of halogens is 1. The van der Waals surface area contributed by atoms with Gasteiger partial charge in [-0.3, -0.25) is 4.79 Å². The van der Waals surface area contributed by atoms with E-state index in [9.17, 15) is 4.79 Å². The predicted octanol–water partition coefficient (Wildman–Crippen LogP) is 2.31. The minimum atomic E-state index is -0.106. The number of Topliss-reactive ketones (excluding diaryl/α,β-unsaturated/α-hetero) is 1. The first-order chi connectivity index (χ1) is 7.59. The molecule has 0 amide bonds. The van der Waals surface area contributed by atoms with E-state index in [1.165, 1.54) is 17.8 Å². The van der Waals surface area contributed by atoms with Gasteiger partial charge in [0.05, 0.1) is 17.4 Å². The molecule has 0 unspecified atom stereocenters. The van der Waals surface area contributed by atoms with Crippen LogP contribution in [0.4, 0.5) is 5.82 Å². The Morgan fingerprint density at radius 3 is 2.81 bits per heavy atom. The molecule has 5 heteroatoms. The second-order valence-corrected chi connectivity index (χ2v) is 3.83. The number of anilines is 1. The molecule has 82 valence electrons. The summed E-state index contributed by atoms with van der Waals surface area (Å²) in [5.41, 5.74) is 6.97. The van der Waals surface area contributed by atoms with Gasteiger partial charge in [-0.15, -0.1) is 0 Å². The highest BCUT2D eigenvalue weighted by Gasteiger charge is 2.12. The number of nitrogens with zero attached hydrogens (tertiary/aromatic N) is 2. The molecule has 0 atom stereocenters. The zero-order valence-electron chi connectivity index (χ0n) is 8.64. The number of nitrogen functional groups attached to an aromatic ring is 1. The van der Waals surface area contributed by atoms with Crippen molar-refractivity contribution < 1.29 is 4.79 Å². The number of carbonyl (C=O) groups is 1. The minimum absolute atomic E-state index is 0.106. The van der Waals surface area contributed by atoms with Gasteiger partial charge < -0.3 is 5.73 Å². The van der Waals surface area contributed by atoms with E-state index in [4.69, 9.17) is 17.3 Å². The number of hydrogen-bond acceptors (Lipinski definition) is 3. The van der Waals surface area contributed by atoms with Gasteiger partial charge in [0.15, 0.2) is 5.78 Å². The van der Waals surface area contributed by atoms with Gasteiger partial charge in [-0.05, 0) is 25.1 Å². The van der Waals surface area contributed by atoms with Gasteiger partial charge in [0, 0.05) is 5.02 Å². The fraction of sp³-hybridized carbons (Fsp3) is 0.0909. The first-order valence-electron chi connectivity index (χ1n) is 4.70. The molecule has 0 fully saturated rings. The van der Waals surface area contributed by atoms with Crippen molar-refractivity contribution in [2.75, 3.05) is 5.73 Å². The molecule has 1 aromatic carbocycles. The Hall–Kier alpha value is -1.81. The summed E-state index contributed by atoms with van der Waals surface area (Å²) in [5.74, 6) is 0.223. The molecule has 1 heterocycles. The summed E-state index contributed by atoms with van der Waals surface area (Å²) in [5, 5.41) is 4.65. The molecule has 0 radical (unpaired) electrons. The molecule has 0 aliphatic heterocycles. The zero-order chi connectivity index (χ0) is 11.7. The van der Waals surface area contributed by atoms with Gasteiger partial charge >= 0.3 is 0 Å². The SMILES string of the molecule is CC(=O)c1cnn(-c2cccc(Cl)c2)c1N. The van der Waals surface area contributed by atoms with Crippen molar-refractivity contribution in [2.45, 2.75) is 6.92 Å². The quantitative estimate of drug-likeness (QED) is 0.813. The summed E-state index contributed by atoms with van der Waals surface area (Å²) in [7, 11) is 0. The highest BCUT2D eigenvalue weighted by atomic mass is 35.5.